The first-order chi connectivity index (χ1) is 12.3. The number of hydrogen-bond acceptors (Lipinski definition) is 4. The smallest absolute Gasteiger partial charge is 0.191 e. The Balaban J connectivity index is 2.00. The van der Waals surface area contributed by atoms with Crippen molar-refractivity contribution in [3.63, 3.8) is 0 Å². The lowest BCUT2D eigenvalue weighted by atomic mass is 10.2. The molecule has 2 N–H and O–H groups in total. The Morgan fingerprint density at radius 1 is 1.32 bits per heavy atom. The number of aliphatic imine (C=N–C) groups is 1. The van der Waals surface area contributed by atoms with Crippen molar-refractivity contribution in [1.29, 1.82) is 0 Å². The minimum atomic E-state index is 0.476. The second-order valence-corrected chi connectivity index (χ2v) is 5.39. The summed E-state index contributed by atoms with van der Waals surface area (Å²) in [6.45, 7) is 10.1. The molecule has 0 radical (unpaired) electrons. The lowest BCUT2D eigenvalue weighted by Crippen LogP contribution is -2.36. The maximum Gasteiger partial charge on any atom is 0.191 e. The number of rotatable bonds is 9. The molecule has 6 heteroatoms. The highest BCUT2D eigenvalue weighted by Gasteiger charge is 2.06. The summed E-state index contributed by atoms with van der Waals surface area (Å²) in [6.07, 6.45) is 2.59. The number of hydrogen-bond donors (Lipinski definition) is 2. The fourth-order valence-corrected chi connectivity index (χ4v) is 2.21. The summed E-state index contributed by atoms with van der Waals surface area (Å²) in [5, 5.41) is 10.5. The number of aromatic nitrogens is 1. The molecule has 134 valence electrons. The first-order valence-corrected chi connectivity index (χ1v) is 8.55. The van der Waals surface area contributed by atoms with Gasteiger partial charge in [0.05, 0.1) is 18.8 Å². The fraction of sp³-hybridized carbons (Fsp3) is 0.368. The van der Waals surface area contributed by atoms with Gasteiger partial charge >= 0.3 is 0 Å². The van der Waals surface area contributed by atoms with E-state index < -0.39 is 0 Å². The van der Waals surface area contributed by atoms with Crippen LogP contribution in [0.5, 0.6) is 5.75 Å². The van der Waals surface area contributed by atoms with Crippen LogP contribution in [-0.2, 0) is 19.5 Å². The molecule has 25 heavy (non-hydrogen) atoms. The van der Waals surface area contributed by atoms with Gasteiger partial charge in [-0.25, -0.2) is 4.99 Å². The third kappa shape index (κ3) is 5.99. The van der Waals surface area contributed by atoms with Crippen LogP contribution in [0.3, 0.4) is 0 Å². The van der Waals surface area contributed by atoms with Crippen LogP contribution < -0.4 is 15.4 Å². The van der Waals surface area contributed by atoms with Crippen LogP contribution in [-0.4, -0.2) is 24.3 Å². The number of ether oxygens (including phenoxy) is 1. The van der Waals surface area contributed by atoms with E-state index in [1.165, 1.54) is 0 Å². The predicted octanol–water partition coefficient (Wildman–Crippen LogP) is 3.06. The number of aryl methyl sites for hydroxylation is 1. The van der Waals surface area contributed by atoms with Gasteiger partial charge in [-0.15, -0.1) is 0 Å². The molecule has 1 heterocycles. The summed E-state index contributed by atoms with van der Waals surface area (Å²) < 4.78 is 11.0. The van der Waals surface area contributed by atoms with Gasteiger partial charge in [0.1, 0.15) is 12.4 Å². The second-order valence-electron chi connectivity index (χ2n) is 5.39. The molecule has 0 aliphatic carbocycles. The van der Waals surface area contributed by atoms with Crippen molar-refractivity contribution in [2.75, 3.05) is 13.2 Å². The van der Waals surface area contributed by atoms with Crippen LogP contribution in [0, 0.1) is 0 Å². The molecule has 6 nitrogen and oxygen atoms in total. The zero-order valence-electron chi connectivity index (χ0n) is 14.9. The van der Waals surface area contributed by atoms with Crippen LogP contribution in [0.1, 0.15) is 30.9 Å². The Labute approximate surface area is 149 Å². The fourth-order valence-electron chi connectivity index (χ4n) is 2.21. The number of benzene rings is 1. The van der Waals surface area contributed by atoms with Gasteiger partial charge in [0.25, 0.3) is 0 Å². The average molecular weight is 342 g/mol. The number of guanidine groups is 1. The van der Waals surface area contributed by atoms with Crippen molar-refractivity contribution in [3.05, 3.63) is 60.0 Å². The minimum absolute atomic E-state index is 0.476. The van der Waals surface area contributed by atoms with Gasteiger partial charge in [0.15, 0.2) is 11.7 Å². The second kappa shape index (κ2) is 10.2. The van der Waals surface area contributed by atoms with Gasteiger partial charge in [0, 0.05) is 18.2 Å². The molecule has 0 saturated heterocycles. The molecule has 1 aromatic heterocycles. The molecule has 0 aliphatic rings. The highest BCUT2D eigenvalue weighted by Crippen LogP contribution is 2.18. The summed E-state index contributed by atoms with van der Waals surface area (Å²) >= 11 is 0. The zero-order valence-corrected chi connectivity index (χ0v) is 14.9. The summed E-state index contributed by atoms with van der Waals surface area (Å²) in [6, 6.07) is 9.83. The van der Waals surface area contributed by atoms with Crippen molar-refractivity contribution in [3.8, 4) is 5.75 Å². The lowest BCUT2D eigenvalue weighted by Gasteiger charge is -2.11. The van der Waals surface area contributed by atoms with Crippen molar-refractivity contribution in [2.24, 2.45) is 4.99 Å². The third-order valence-corrected chi connectivity index (χ3v) is 3.48. The summed E-state index contributed by atoms with van der Waals surface area (Å²) in [5.41, 5.74) is 1.97. The average Bonchev–Trinajstić information content (AvgIpc) is 3.11. The molecule has 0 unspecified atom stereocenters. The summed E-state index contributed by atoms with van der Waals surface area (Å²) in [7, 11) is 0. The number of nitrogens with zero attached hydrogens (tertiary/aromatic N) is 2. The van der Waals surface area contributed by atoms with Crippen molar-refractivity contribution in [1.82, 2.24) is 15.8 Å². The maximum absolute atomic E-state index is 5.67. The van der Waals surface area contributed by atoms with E-state index in [1.54, 1.807) is 6.08 Å². The normalized spacial score (nSPS) is 11.2. The van der Waals surface area contributed by atoms with Crippen molar-refractivity contribution >= 4 is 5.96 Å². The quantitative estimate of drug-likeness (QED) is 0.416. The topological polar surface area (TPSA) is 71.7 Å². The van der Waals surface area contributed by atoms with Crippen LogP contribution in [0.15, 0.2) is 52.5 Å². The molecule has 0 atom stereocenters. The molecule has 0 aliphatic heterocycles. The summed E-state index contributed by atoms with van der Waals surface area (Å²) in [4.78, 5) is 4.62. The van der Waals surface area contributed by atoms with Crippen LogP contribution in [0.4, 0.5) is 0 Å². The Morgan fingerprint density at radius 3 is 2.88 bits per heavy atom. The van der Waals surface area contributed by atoms with Crippen LogP contribution >= 0.6 is 0 Å². The monoisotopic (exact) mass is 342 g/mol. The van der Waals surface area contributed by atoms with E-state index in [9.17, 15) is 0 Å². The van der Waals surface area contributed by atoms with Crippen LogP contribution in [0.25, 0.3) is 0 Å². The number of para-hydroxylation sites is 1. The van der Waals surface area contributed by atoms with Gasteiger partial charge in [-0.3, -0.25) is 0 Å². The molecule has 0 saturated carbocycles. The zero-order chi connectivity index (χ0) is 17.9. The first kappa shape index (κ1) is 18.6. The van der Waals surface area contributed by atoms with E-state index in [4.69, 9.17) is 9.26 Å². The van der Waals surface area contributed by atoms with E-state index in [1.807, 2.05) is 44.2 Å². The van der Waals surface area contributed by atoms with E-state index >= 15 is 0 Å². The predicted molar refractivity (Wildman–Crippen MR) is 99.7 cm³/mol. The van der Waals surface area contributed by atoms with Crippen molar-refractivity contribution < 1.29 is 9.26 Å². The maximum atomic E-state index is 5.67. The summed E-state index contributed by atoms with van der Waals surface area (Å²) in [5.74, 6) is 2.33. The molecule has 0 bridgehead atoms. The molecule has 1 aromatic carbocycles. The Kier molecular flexibility index (Phi) is 7.56. The highest BCUT2D eigenvalue weighted by atomic mass is 16.5. The Morgan fingerprint density at radius 2 is 2.16 bits per heavy atom. The first-order valence-electron chi connectivity index (χ1n) is 8.55. The SMILES string of the molecule is C=CCOc1ccccc1CN=C(NCC)NCc1cc(CC)no1. The van der Waals surface area contributed by atoms with Gasteiger partial charge in [-0.1, -0.05) is 42.9 Å². The van der Waals surface area contributed by atoms with Gasteiger partial charge < -0.3 is 19.9 Å². The Bertz CT molecular complexity index is 694. The lowest BCUT2D eigenvalue weighted by molar-refractivity contribution is 0.359. The Hall–Kier alpha value is -2.76. The third-order valence-electron chi connectivity index (χ3n) is 3.48. The molecular weight excluding hydrogens is 316 g/mol. The van der Waals surface area contributed by atoms with E-state index in [2.05, 4.69) is 27.4 Å². The van der Waals surface area contributed by atoms with Crippen molar-refractivity contribution in [2.45, 2.75) is 33.4 Å². The van der Waals surface area contributed by atoms with E-state index in [0.29, 0.717) is 19.7 Å². The van der Waals surface area contributed by atoms with Gasteiger partial charge in [-0.2, -0.15) is 0 Å². The molecule has 2 aromatic rings. The molecule has 0 amide bonds. The van der Waals surface area contributed by atoms with Gasteiger partial charge in [-0.05, 0) is 19.4 Å². The van der Waals surface area contributed by atoms with E-state index in [-0.39, 0.29) is 0 Å². The molecule has 2 rings (SSSR count). The molecule has 0 fully saturated rings. The largest absolute Gasteiger partial charge is 0.489 e. The molecular formula is C19H26N4O2. The van der Waals surface area contributed by atoms with E-state index in [0.717, 1.165) is 41.7 Å². The highest BCUT2D eigenvalue weighted by molar-refractivity contribution is 5.79. The van der Waals surface area contributed by atoms with Gasteiger partial charge in [0.2, 0.25) is 0 Å². The number of nitrogens with one attached hydrogen (secondary N) is 2. The standard InChI is InChI=1S/C19H26N4O2/c1-4-11-24-18-10-8-7-9-15(18)13-21-19(20-6-3)22-14-17-12-16(5-2)23-25-17/h4,7-10,12H,1,5-6,11,13-14H2,2-3H3,(H2,20,21,22). The minimum Gasteiger partial charge on any atom is -0.489 e. The molecule has 0 spiro atoms. The van der Waals surface area contributed by atoms with Crippen LogP contribution in [0.2, 0.25) is 0 Å².